The topological polar surface area (TPSA) is 71.5 Å². The molecule has 35 heavy (non-hydrogen) atoms. The molecular formula is C27H24ClN3O3S. The van der Waals surface area contributed by atoms with Crippen LogP contribution in [0.1, 0.15) is 24.0 Å². The second kappa shape index (κ2) is 9.30. The maximum absolute atomic E-state index is 13.7. The van der Waals surface area contributed by atoms with Crippen LogP contribution in [-0.4, -0.2) is 41.4 Å². The minimum absolute atomic E-state index is 0.244. The Kier molecular flexibility index (Phi) is 6.00. The normalized spacial score (nSPS) is 22.8. The number of pyridine rings is 1. The van der Waals surface area contributed by atoms with E-state index in [1.807, 2.05) is 42.5 Å². The number of benzene rings is 2. The molecule has 0 saturated carbocycles. The summed E-state index contributed by atoms with van der Waals surface area (Å²) in [6.45, 7) is 1.59. The van der Waals surface area contributed by atoms with Crippen LogP contribution in [0.4, 0.5) is 10.5 Å². The molecule has 3 amide bonds. The van der Waals surface area contributed by atoms with Gasteiger partial charge < -0.3 is 10.1 Å². The van der Waals surface area contributed by atoms with Crippen molar-refractivity contribution in [3.8, 4) is 0 Å². The third-order valence-electron chi connectivity index (χ3n) is 6.95. The van der Waals surface area contributed by atoms with Crippen LogP contribution in [0.5, 0.6) is 0 Å². The molecule has 1 aromatic heterocycles. The van der Waals surface area contributed by atoms with Gasteiger partial charge in [-0.25, -0.2) is 9.69 Å². The van der Waals surface area contributed by atoms with Gasteiger partial charge in [0.15, 0.2) is 0 Å². The Balaban J connectivity index is 1.31. The van der Waals surface area contributed by atoms with Crippen LogP contribution in [0.15, 0.2) is 60.9 Å². The number of imide groups is 1. The van der Waals surface area contributed by atoms with Crippen molar-refractivity contribution < 1.29 is 14.3 Å². The van der Waals surface area contributed by atoms with E-state index in [-0.39, 0.29) is 11.9 Å². The molecule has 0 radical (unpaired) electrons. The standard InChI is InChI=1S/C27H24ClN3O3S/c28-20-7-3-5-17(12-16-8-10-34-11-9-16)24(20)23-13-21-25(35-23)26(32)31(27(33)30-21)22-15-29-14-18-4-1-2-6-19(18)22/h1-7,13-16,21,25H,8-12H2,(H,30,33). The Morgan fingerprint density at radius 1 is 1.09 bits per heavy atom. The maximum atomic E-state index is 13.7. The molecule has 3 aromatic rings. The van der Waals surface area contributed by atoms with Crippen molar-refractivity contribution in [3.63, 3.8) is 0 Å². The van der Waals surface area contributed by atoms with Crippen LogP contribution in [0.3, 0.4) is 0 Å². The molecule has 1 N–H and O–H groups in total. The molecule has 0 spiro atoms. The summed E-state index contributed by atoms with van der Waals surface area (Å²) >= 11 is 8.19. The number of hydrogen-bond donors (Lipinski definition) is 1. The predicted octanol–water partition coefficient (Wildman–Crippen LogP) is 5.44. The van der Waals surface area contributed by atoms with Crippen molar-refractivity contribution in [3.05, 3.63) is 77.1 Å². The molecule has 3 aliphatic rings. The zero-order chi connectivity index (χ0) is 23.9. The number of carbonyl (C=O) groups excluding carboxylic acids is 2. The summed E-state index contributed by atoms with van der Waals surface area (Å²) in [5, 5.41) is 4.91. The van der Waals surface area contributed by atoms with Crippen LogP contribution in [-0.2, 0) is 16.0 Å². The highest BCUT2D eigenvalue weighted by Gasteiger charge is 2.46. The Labute approximate surface area is 212 Å². The average molecular weight is 506 g/mol. The highest BCUT2D eigenvalue weighted by Crippen LogP contribution is 2.46. The molecule has 6 rings (SSSR count). The van der Waals surface area contributed by atoms with Crippen LogP contribution in [0.2, 0.25) is 5.02 Å². The second-order valence-electron chi connectivity index (χ2n) is 9.13. The first kappa shape index (κ1) is 22.6. The Hall–Kier alpha value is -2.87. The number of nitrogens with zero attached hydrogens (tertiary/aromatic N) is 2. The molecule has 6 nitrogen and oxygen atoms in total. The van der Waals surface area contributed by atoms with Gasteiger partial charge in [0, 0.05) is 45.7 Å². The fourth-order valence-corrected chi connectivity index (χ4v) is 6.89. The Bertz CT molecular complexity index is 1350. The summed E-state index contributed by atoms with van der Waals surface area (Å²) in [6.07, 6.45) is 8.28. The van der Waals surface area contributed by atoms with E-state index >= 15 is 0 Å². The first-order chi connectivity index (χ1) is 17.1. The largest absolute Gasteiger partial charge is 0.381 e. The molecule has 178 valence electrons. The van der Waals surface area contributed by atoms with Gasteiger partial charge in [-0.05, 0) is 42.9 Å². The minimum atomic E-state index is -0.464. The van der Waals surface area contributed by atoms with Gasteiger partial charge in [-0.1, -0.05) is 48.0 Å². The Morgan fingerprint density at radius 3 is 2.77 bits per heavy atom. The number of nitrogens with one attached hydrogen (secondary N) is 1. The summed E-state index contributed by atoms with van der Waals surface area (Å²) in [4.78, 5) is 33.2. The molecular weight excluding hydrogens is 482 g/mol. The van der Waals surface area contributed by atoms with Gasteiger partial charge in [-0.15, -0.1) is 11.8 Å². The number of aromatic nitrogens is 1. The number of anilines is 1. The van der Waals surface area contributed by atoms with Crippen LogP contribution in [0, 0.1) is 5.92 Å². The molecule has 8 heteroatoms. The van der Waals surface area contributed by atoms with E-state index in [1.165, 1.54) is 22.2 Å². The number of thioether (sulfide) groups is 1. The fraction of sp³-hybridized carbons (Fsp3) is 0.296. The van der Waals surface area contributed by atoms with Crippen molar-refractivity contribution in [1.29, 1.82) is 0 Å². The van der Waals surface area contributed by atoms with E-state index in [0.29, 0.717) is 16.6 Å². The fourth-order valence-electron chi connectivity index (χ4n) is 5.18. The lowest BCUT2D eigenvalue weighted by molar-refractivity contribution is -0.118. The lowest BCUT2D eigenvalue weighted by Crippen LogP contribution is -2.60. The van der Waals surface area contributed by atoms with Gasteiger partial charge in [0.25, 0.3) is 5.91 Å². The molecule has 2 aromatic carbocycles. The number of amides is 3. The Morgan fingerprint density at radius 2 is 1.91 bits per heavy atom. The number of urea groups is 1. The van der Waals surface area contributed by atoms with E-state index < -0.39 is 11.3 Å². The van der Waals surface area contributed by atoms with Crippen molar-refractivity contribution in [2.45, 2.75) is 30.6 Å². The molecule has 2 fully saturated rings. The maximum Gasteiger partial charge on any atom is 0.329 e. The molecule has 2 atom stereocenters. The molecule has 2 unspecified atom stereocenters. The van der Waals surface area contributed by atoms with Gasteiger partial charge in [0.1, 0.15) is 5.25 Å². The van der Waals surface area contributed by atoms with Crippen molar-refractivity contribution in [2.75, 3.05) is 18.1 Å². The van der Waals surface area contributed by atoms with E-state index in [0.717, 1.165) is 53.7 Å². The number of fused-ring (bicyclic) bond motifs is 2. The third-order valence-corrected chi connectivity index (χ3v) is 8.61. The van der Waals surface area contributed by atoms with E-state index in [9.17, 15) is 9.59 Å². The zero-order valence-corrected chi connectivity index (χ0v) is 20.5. The molecule has 0 bridgehead atoms. The monoisotopic (exact) mass is 505 g/mol. The molecule has 0 aliphatic carbocycles. The minimum Gasteiger partial charge on any atom is -0.381 e. The van der Waals surface area contributed by atoms with Gasteiger partial charge in [-0.2, -0.15) is 0 Å². The quantitative estimate of drug-likeness (QED) is 0.511. The molecule has 2 saturated heterocycles. The first-order valence-electron chi connectivity index (χ1n) is 11.8. The summed E-state index contributed by atoms with van der Waals surface area (Å²) in [7, 11) is 0. The number of carbonyl (C=O) groups is 2. The molecule has 3 aliphatic heterocycles. The van der Waals surface area contributed by atoms with E-state index in [4.69, 9.17) is 16.3 Å². The summed E-state index contributed by atoms with van der Waals surface area (Å²) in [5.41, 5.74) is 2.65. The van der Waals surface area contributed by atoms with Crippen molar-refractivity contribution in [1.82, 2.24) is 10.3 Å². The summed E-state index contributed by atoms with van der Waals surface area (Å²) in [5.74, 6) is 0.303. The highest BCUT2D eigenvalue weighted by molar-refractivity contribution is 8.09. The van der Waals surface area contributed by atoms with Crippen molar-refractivity contribution in [2.24, 2.45) is 5.92 Å². The predicted molar refractivity (Wildman–Crippen MR) is 140 cm³/mol. The number of halogens is 1. The van der Waals surface area contributed by atoms with Crippen LogP contribution >= 0.6 is 23.4 Å². The lowest BCUT2D eigenvalue weighted by Gasteiger charge is -2.33. The first-order valence-corrected chi connectivity index (χ1v) is 13.1. The van der Waals surface area contributed by atoms with E-state index in [1.54, 1.807) is 12.4 Å². The third kappa shape index (κ3) is 4.11. The summed E-state index contributed by atoms with van der Waals surface area (Å²) in [6, 6.07) is 12.8. The van der Waals surface area contributed by atoms with Crippen LogP contribution in [0.25, 0.3) is 15.7 Å². The number of ether oxygens (including phenoxy) is 1. The summed E-state index contributed by atoms with van der Waals surface area (Å²) < 4.78 is 5.52. The SMILES string of the molecule is O=C1NC2C=C(c3c(Cl)cccc3CC3CCOCC3)SC2C(=O)N1c1cncc2ccccc12. The van der Waals surface area contributed by atoms with Gasteiger partial charge in [0.2, 0.25) is 0 Å². The van der Waals surface area contributed by atoms with Gasteiger partial charge in [-0.3, -0.25) is 9.78 Å². The number of hydrogen-bond acceptors (Lipinski definition) is 5. The smallest absolute Gasteiger partial charge is 0.329 e. The van der Waals surface area contributed by atoms with Gasteiger partial charge >= 0.3 is 6.03 Å². The zero-order valence-electron chi connectivity index (χ0n) is 18.9. The van der Waals surface area contributed by atoms with E-state index in [2.05, 4.69) is 16.4 Å². The average Bonchev–Trinajstić information content (AvgIpc) is 3.28. The van der Waals surface area contributed by atoms with Crippen molar-refractivity contribution >= 4 is 56.7 Å². The molecule has 4 heterocycles. The second-order valence-corrected chi connectivity index (χ2v) is 10.7. The highest BCUT2D eigenvalue weighted by atomic mass is 35.5. The lowest BCUT2D eigenvalue weighted by atomic mass is 9.90. The van der Waals surface area contributed by atoms with Gasteiger partial charge in [0.05, 0.1) is 17.9 Å². The van der Waals surface area contributed by atoms with Crippen LogP contribution < -0.4 is 10.2 Å². The number of rotatable bonds is 4.